The number of allylic oxidation sites excluding steroid dienone is 2. The van der Waals surface area contributed by atoms with Crippen LogP contribution < -0.4 is 0 Å². The lowest BCUT2D eigenvalue weighted by Crippen LogP contribution is -2.46. The smallest absolute Gasteiger partial charge is 0.267 e. The van der Waals surface area contributed by atoms with E-state index in [4.69, 9.17) is 0 Å². The molecule has 124 valence electrons. The van der Waals surface area contributed by atoms with Crippen LogP contribution in [0.5, 0.6) is 0 Å². The van der Waals surface area contributed by atoms with Crippen LogP contribution in [-0.4, -0.2) is 18.1 Å². The third-order valence-corrected chi connectivity index (χ3v) is 10.7. The molecule has 1 aromatic carbocycles. The molecule has 1 aliphatic rings. The lowest BCUT2D eigenvalue weighted by molar-refractivity contribution is 0.100. The average Bonchev–Trinajstić information content (AvgIpc) is 2.44. The number of hydrogen-bond donors (Lipinski definition) is 0. The number of aryl methyl sites for hydroxylation is 1. The molecule has 1 aliphatic carbocycles. The number of nitrogens with zero attached hydrogens (tertiary/aromatic N) is 1. The summed E-state index contributed by atoms with van der Waals surface area (Å²) >= 11 is 18.2. The lowest BCUT2D eigenvalue weighted by atomic mass is 9.91. The highest BCUT2D eigenvalue weighted by Gasteiger charge is 2.52. The highest BCUT2D eigenvalue weighted by atomic mass is 79.9. The summed E-state index contributed by atoms with van der Waals surface area (Å²) in [5.74, 6) is -0.270. The molecule has 0 aliphatic heterocycles. The van der Waals surface area contributed by atoms with Gasteiger partial charge in [-0.25, -0.2) is 4.99 Å². The van der Waals surface area contributed by atoms with Crippen LogP contribution >= 0.6 is 79.6 Å². The van der Waals surface area contributed by atoms with Crippen molar-refractivity contribution in [3.8, 4) is 0 Å². The Balaban J connectivity index is 2.52. The molecule has 2 rings (SSSR count). The summed E-state index contributed by atoms with van der Waals surface area (Å²) in [6.07, 6.45) is 0.776. The van der Waals surface area contributed by atoms with Crippen molar-refractivity contribution < 1.29 is 4.79 Å². The van der Waals surface area contributed by atoms with Crippen LogP contribution in [-0.2, 0) is 0 Å². The number of alkyl halides is 4. The lowest BCUT2D eigenvalue weighted by Gasteiger charge is -2.40. The zero-order valence-electron chi connectivity index (χ0n) is 12.7. The van der Waals surface area contributed by atoms with Gasteiger partial charge in [0.15, 0.2) is 0 Å². The molecular formula is C16H14Br5NO. The number of benzene rings is 1. The van der Waals surface area contributed by atoms with Crippen molar-refractivity contribution in [3.63, 3.8) is 0 Å². The van der Waals surface area contributed by atoms with Crippen molar-refractivity contribution in [1.29, 1.82) is 0 Å². The molecule has 7 heteroatoms. The normalized spacial score (nSPS) is 21.7. The molecule has 0 bridgehead atoms. The van der Waals surface area contributed by atoms with Gasteiger partial charge in [-0.2, -0.15) is 0 Å². The molecule has 0 saturated carbocycles. The molecule has 1 amide bonds. The Hall–Kier alpha value is 0.700. The van der Waals surface area contributed by atoms with Gasteiger partial charge in [-0.3, -0.25) is 4.79 Å². The molecule has 0 heterocycles. The summed E-state index contributed by atoms with van der Waals surface area (Å²) in [7, 11) is 0. The first-order chi connectivity index (χ1) is 10.5. The summed E-state index contributed by atoms with van der Waals surface area (Å²) < 4.78 is -0.257. The monoisotopic (exact) mass is 631 g/mol. The molecule has 0 fully saturated rings. The summed E-state index contributed by atoms with van der Waals surface area (Å²) in [6, 6.07) is 5.50. The van der Waals surface area contributed by atoms with E-state index in [0.29, 0.717) is 11.3 Å². The number of rotatable bonds is 1. The van der Waals surface area contributed by atoms with E-state index in [0.717, 1.165) is 22.0 Å². The van der Waals surface area contributed by atoms with Crippen LogP contribution in [0.2, 0.25) is 0 Å². The number of amides is 1. The minimum absolute atomic E-state index is 0.270. The predicted octanol–water partition coefficient (Wildman–Crippen LogP) is 7.05. The quantitative estimate of drug-likeness (QED) is 0.304. The Kier molecular flexibility index (Phi) is 6.21. The van der Waals surface area contributed by atoms with Crippen LogP contribution in [0.15, 0.2) is 38.8 Å². The average molecular weight is 636 g/mol. The second-order valence-electron chi connectivity index (χ2n) is 5.59. The van der Waals surface area contributed by atoms with E-state index in [1.165, 1.54) is 5.57 Å². The molecule has 23 heavy (non-hydrogen) atoms. The van der Waals surface area contributed by atoms with Crippen molar-refractivity contribution in [3.05, 3.63) is 44.9 Å². The second-order valence-corrected chi connectivity index (χ2v) is 13.7. The highest BCUT2D eigenvalue weighted by molar-refractivity contribution is 9.30. The maximum atomic E-state index is 12.6. The third kappa shape index (κ3) is 3.94. The minimum atomic E-state index is -0.686. The van der Waals surface area contributed by atoms with Gasteiger partial charge in [0.25, 0.3) is 5.91 Å². The van der Waals surface area contributed by atoms with Gasteiger partial charge in [0.2, 0.25) is 0 Å². The van der Waals surface area contributed by atoms with E-state index in [1.807, 2.05) is 26.8 Å². The van der Waals surface area contributed by atoms with Gasteiger partial charge in [0, 0.05) is 10.0 Å². The molecule has 0 unspecified atom stereocenters. The van der Waals surface area contributed by atoms with E-state index >= 15 is 0 Å². The van der Waals surface area contributed by atoms with Crippen molar-refractivity contribution >= 4 is 91.3 Å². The first-order valence-electron chi connectivity index (χ1n) is 6.79. The largest absolute Gasteiger partial charge is 0.277 e. The molecule has 0 saturated heterocycles. The molecule has 0 atom stereocenters. The number of carbonyl (C=O) groups is 1. The predicted molar refractivity (Wildman–Crippen MR) is 115 cm³/mol. The Morgan fingerprint density at radius 1 is 1.13 bits per heavy atom. The van der Waals surface area contributed by atoms with Crippen molar-refractivity contribution in [2.24, 2.45) is 4.99 Å². The SMILES string of the molecule is CC1=C(C)C(=NC(=O)c2ccc(C)c(Br)c2)C(Br)(Br)C(Br)(Br)C1. The number of carbonyl (C=O) groups excluding carboxylic acids is 1. The van der Waals surface area contributed by atoms with E-state index < -0.39 is 6.47 Å². The van der Waals surface area contributed by atoms with Gasteiger partial charge >= 0.3 is 0 Å². The fourth-order valence-electron chi connectivity index (χ4n) is 2.23. The topological polar surface area (TPSA) is 29.4 Å². The van der Waals surface area contributed by atoms with E-state index in [1.54, 1.807) is 12.1 Å². The maximum absolute atomic E-state index is 12.6. The van der Waals surface area contributed by atoms with Gasteiger partial charge < -0.3 is 0 Å². The van der Waals surface area contributed by atoms with Gasteiger partial charge in [0.1, 0.15) is 6.47 Å². The first kappa shape index (κ1) is 20.0. The van der Waals surface area contributed by atoms with E-state index in [9.17, 15) is 4.79 Å². The number of hydrogen-bond acceptors (Lipinski definition) is 1. The van der Waals surface area contributed by atoms with Crippen LogP contribution in [0.4, 0.5) is 0 Å². The molecular weight excluding hydrogens is 622 g/mol. The van der Waals surface area contributed by atoms with Crippen LogP contribution in [0.3, 0.4) is 0 Å². The molecule has 0 aromatic heterocycles. The maximum Gasteiger partial charge on any atom is 0.277 e. The molecule has 1 aromatic rings. The zero-order valence-corrected chi connectivity index (χ0v) is 20.6. The standard InChI is InChI=1S/C16H14Br5NO/c1-8-4-5-11(6-12(8)17)14(23)22-13-10(3)9(2)7-15(18,19)16(13,20)21/h4-6H,7H2,1-3H3. The number of halogens is 5. The van der Waals surface area contributed by atoms with Crippen molar-refractivity contribution in [2.75, 3.05) is 0 Å². The fourth-order valence-corrected chi connectivity index (χ4v) is 4.88. The summed E-state index contributed by atoms with van der Waals surface area (Å²) in [6.45, 7) is 6.01. The zero-order chi connectivity index (χ0) is 17.6. The Morgan fingerprint density at radius 2 is 1.74 bits per heavy atom. The van der Waals surface area contributed by atoms with Gasteiger partial charge in [-0.1, -0.05) is 91.3 Å². The minimum Gasteiger partial charge on any atom is -0.267 e. The first-order valence-corrected chi connectivity index (χ1v) is 10.8. The van der Waals surface area contributed by atoms with E-state index in [-0.39, 0.29) is 5.91 Å². The second kappa shape index (κ2) is 7.14. The van der Waals surface area contributed by atoms with Gasteiger partial charge in [-0.15, -0.1) is 0 Å². The molecule has 2 nitrogen and oxygen atoms in total. The molecule has 0 N–H and O–H groups in total. The highest BCUT2D eigenvalue weighted by Crippen LogP contribution is 2.56. The molecule has 0 radical (unpaired) electrons. The number of aliphatic imine (C=N–C) groups is 1. The Labute approximate surface area is 178 Å². The Morgan fingerprint density at radius 3 is 2.30 bits per heavy atom. The van der Waals surface area contributed by atoms with Crippen LogP contribution in [0.1, 0.15) is 36.2 Å². The van der Waals surface area contributed by atoms with E-state index in [2.05, 4.69) is 84.6 Å². The van der Waals surface area contributed by atoms with Crippen LogP contribution in [0, 0.1) is 6.92 Å². The van der Waals surface area contributed by atoms with Crippen molar-refractivity contribution in [1.82, 2.24) is 0 Å². The summed E-state index contributed by atoms with van der Waals surface area (Å²) in [4.78, 5) is 17.0. The summed E-state index contributed by atoms with van der Waals surface area (Å²) in [5.41, 5.74) is 4.47. The summed E-state index contributed by atoms with van der Waals surface area (Å²) in [5, 5.41) is 0. The fraction of sp³-hybridized carbons (Fsp3) is 0.375. The van der Waals surface area contributed by atoms with Gasteiger partial charge in [0.05, 0.1) is 5.71 Å². The van der Waals surface area contributed by atoms with Gasteiger partial charge in [-0.05, 0) is 50.5 Å². The van der Waals surface area contributed by atoms with Crippen LogP contribution in [0.25, 0.3) is 0 Å². The third-order valence-electron chi connectivity index (χ3n) is 3.87. The molecule has 0 spiro atoms. The van der Waals surface area contributed by atoms with Crippen molar-refractivity contribution in [2.45, 2.75) is 33.7 Å². The Bertz CT molecular complexity index is 734.